The van der Waals surface area contributed by atoms with Gasteiger partial charge in [-0.3, -0.25) is 4.79 Å². The largest absolute Gasteiger partial charge is 0.383 e. The van der Waals surface area contributed by atoms with Crippen molar-refractivity contribution in [1.29, 1.82) is 0 Å². The Morgan fingerprint density at radius 1 is 1.38 bits per heavy atom. The van der Waals surface area contributed by atoms with Crippen molar-refractivity contribution in [2.75, 3.05) is 11.9 Å². The van der Waals surface area contributed by atoms with E-state index in [1.54, 1.807) is 6.07 Å². The molecule has 0 radical (unpaired) electrons. The fourth-order valence-corrected chi connectivity index (χ4v) is 3.57. The Hall–Kier alpha value is -1.85. The molecule has 1 amide bonds. The Labute approximate surface area is 130 Å². The van der Waals surface area contributed by atoms with E-state index in [9.17, 15) is 4.79 Å². The summed E-state index contributed by atoms with van der Waals surface area (Å²) in [6.45, 7) is 2.86. The number of carbonyl (C=O) groups excluding carboxylic acids is 1. The summed E-state index contributed by atoms with van der Waals surface area (Å²) in [5.41, 5.74) is 7.13. The Bertz CT molecular complexity index is 844. The summed E-state index contributed by atoms with van der Waals surface area (Å²) >= 11 is 7.35. The number of hydrogen-bond acceptors (Lipinski definition) is 4. The number of thiophene rings is 1. The van der Waals surface area contributed by atoms with Crippen LogP contribution in [0.25, 0.3) is 21.0 Å². The third kappa shape index (κ3) is 2.43. The number of nitrogens with two attached hydrogens (primary N) is 1. The van der Waals surface area contributed by atoms with Gasteiger partial charge in [0.25, 0.3) is 5.91 Å². The van der Waals surface area contributed by atoms with E-state index >= 15 is 0 Å². The van der Waals surface area contributed by atoms with Gasteiger partial charge in [-0.25, -0.2) is 4.98 Å². The summed E-state index contributed by atoms with van der Waals surface area (Å²) < 4.78 is 1.01. The highest BCUT2D eigenvalue weighted by molar-refractivity contribution is 7.21. The van der Waals surface area contributed by atoms with Crippen LogP contribution in [0.3, 0.4) is 0 Å². The molecule has 0 unspecified atom stereocenters. The molecule has 0 atom stereocenters. The lowest BCUT2D eigenvalue weighted by Crippen LogP contribution is -2.12. The zero-order chi connectivity index (χ0) is 15.0. The minimum Gasteiger partial charge on any atom is -0.383 e. The van der Waals surface area contributed by atoms with Gasteiger partial charge in [-0.1, -0.05) is 18.5 Å². The minimum absolute atomic E-state index is 0.412. The van der Waals surface area contributed by atoms with Gasteiger partial charge in [-0.2, -0.15) is 0 Å². The summed E-state index contributed by atoms with van der Waals surface area (Å²) in [6, 6.07) is 7.56. The van der Waals surface area contributed by atoms with Gasteiger partial charge in [0.1, 0.15) is 10.0 Å². The average molecular weight is 320 g/mol. The second-order valence-corrected chi connectivity index (χ2v) is 6.18. The van der Waals surface area contributed by atoms with E-state index in [0.717, 1.165) is 39.6 Å². The van der Waals surface area contributed by atoms with Gasteiger partial charge in [0.15, 0.2) is 0 Å². The van der Waals surface area contributed by atoms with Crippen LogP contribution in [0.5, 0.6) is 0 Å². The number of aromatic nitrogens is 1. The van der Waals surface area contributed by atoms with Gasteiger partial charge in [-0.15, -0.1) is 11.3 Å². The molecule has 0 aliphatic rings. The molecule has 0 saturated heterocycles. The quantitative estimate of drug-likeness (QED) is 0.713. The monoisotopic (exact) mass is 319 g/mol. The second kappa shape index (κ2) is 5.50. The third-order valence-corrected chi connectivity index (χ3v) is 4.64. The van der Waals surface area contributed by atoms with Gasteiger partial charge in [0.2, 0.25) is 0 Å². The number of primary amides is 1. The van der Waals surface area contributed by atoms with Gasteiger partial charge >= 0.3 is 0 Å². The number of rotatable bonds is 4. The fraction of sp³-hybridized carbons (Fsp3) is 0.200. The third-order valence-electron chi connectivity index (χ3n) is 3.26. The summed E-state index contributed by atoms with van der Waals surface area (Å²) in [5.74, 6) is -0.412. The number of amides is 1. The molecule has 3 aromatic rings. The number of benzene rings is 1. The highest BCUT2D eigenvalue weighted by Gasteiger charge is 2.18. The molecule has 21 heavy (non-hydrogen) atoms. The molecule has 3 rings (SSSR count). The second-order valence-electron chi connectivity index (χ2n) is 4.74. The molecule has 1 aromatic carbocycles. The smallest absolute Gasteiger partial charge is 0.260 e. The number of nitrogens with one attached hydrogen (secondary N) is 1. The topological polar surface area (TPSA) is 68.0 Å². The number of halogens is 1. The lowest BCUT2D eigenvalue weighted by Gasteiger charge is -2.07. The molecule has 108 valence electrons. The molecule has 3 N–H and O–H groups in total. The van der Waals surface area contributed by atoms with Crippen molar-refractivity contribution in [1.82, 2.24) is 4.98 Å². The summed E-state index contributed by atoms with van der Waals surface area (Å²) in [6.07, 6.45) is 0.963. The van der Waals surface area contributed by atoms with Crippen LogP contribution < -0.4 is 11.1 Å². The van der Waals surface area contributed by atoms with Crippen LogP contribution >= 0.6 is 22.9 Å². The van der Waals surface area contributed by atoms with Gasteiger partial charge in [0.05, 0.1) is 11.2 Å². The van der Waals surface area contributed by atoms with Crippen molar-refractivity contribution in [2.45, 2.75) is 13.3 Å². The molecule has 0 saturated carbocycles. The Kier molecular flexibility index (Phi) is 3.69. The Morgan fingerprint density at radius 3 is 2.90 bits per heavy atom. The molecule has 0 bridgehead atoms. The minimum atomic E-state index is -0.412. The first kappa shape index (κ1) is 14.1. The van der Waals surface area contributed by atoms with Crippen molar-refractivity contribution >= 4 is 55.5 Å². The molecule has 2 heterocycles. The van der Waals surface area contributed by atoms with Gasteiger partial charge in [0, 0.05) is 22.0 Å². The molecule has 0 aliphatic carbocycles. The number of hydrogen-bond donors (Lipinski definition) is 2. The average Bonchev–Trinajstić information content (AvgIpc) is 2.83. The molecular formula is C15H14ClN3OS. The first-order chi connectivity index (χ1) is 10.1. The predicted octanol–water partition coefficient (Wildman–Crippen LogP) is 4.02. The van der Waals surface area contributed by atoms with Crippen molar-refractivity contribution in [2.24, 2.45) is 5.73 Å². The van der Waals surface area contributed by atoms with Crippen LogP contribution in [-0.4, -0.2) is 17.4 Å². The van der Waals surface area contributed by atoms with Crippen LogP contribution in [0.15, 0.2) is 24.3 Å². The van der Waals surface area contributed by atoms with Crippen LogP contribution in [0.1, 0.15) is 23.0 Å². The van der Waals surface area contributed by atoms with E-state index in [0.29, 0.717) is 10.0 Å². The van der Waals surface area contributed by atoms with E-state index in [1.807, 2.05) is 18.2 Å². The van der Waals surface area contributed by atoms with Gasteiger partial charge in [-0.05, 0) is 30.7 Å². The predicted molar refractivity (Wildman–Crippen MR) is 89.4 cm³/mol. The van der Waals surface area contributed by atoms with Crippen LogP contribution in [0.2, 0.25) is 5.15 Å². The van der Waals surface area contributed by atoms with E-state index in [4.69, 9.17) is 17.3 Å². The number of pyridine rings is 1. The van der Waals surface area contributed by atoms with Gasteiger partial charge < -0.3 is 11.1 Å². The lowest BCUT2D eigenvalue weighted by molar-refractivity contribution is 0.100. The zero-order valence-corrected chi connectivity index (χ0v) is 13.0. The Balaban J connectivity index is 2.36. The first-order valence-electron chi connectivity index (χ1n) is 6.67. The number of carbonyl (C=O) groups is 1. The molecule has 0 fully saturated rings. The SMILES string of the molecule is CCCNc1c(C(N)=O)sc2ccc3nc(Cl)ccc3c12. The van der Waals surface area contributed by atoms with Crippen molar-refractivity contribution in [3.63, 3.8) is 0 Å². The molecular weight excluding hydrogens is 306 g/mol. The van der Waals surface area contributed by atoms with Crippen LogP contribution in [0, 0.1) is 0 Å². The van der Waals surface area contributed by atoms with Crippen molar-refractivity contribution in [3.8, 4) is 0 Å². The molecule has 0 aliphatic heterocycles. The van der Waals surface area contributed by atoms with Crippen LogP contribution in [-0.2, 0) is 0 Å². The summed E-state index contributed by atoms with van der Waals surface area (Å²) in [7, 11) is 0. The normalized spacial score (nSPS) is 11.1. The molecule has 0 spiro atoms. The van der Waals surface area contributed by atoms with E-state index in [2.05, 4.69) is 17.2 Å². The number of fused-ring (bicyclic) bond motifs is 3. The highest BCUT2D eigenvalue weighted by Crippen LogP contribution is 2.40. The number of nitrogens with zero attached hydrogens (tertiary/aromatic N) is 1. The summed E-state index contributed by atoms with van der Waals surface area (Å²) in [5, 5.41) is 5.74. The maximum Gasteiger partial charge on any atom is 0.260 e. The number of anilines is 1. The highest BCUT2D eigenvalue weighted by atomic mass is 35.5. The maximum absolute atomic E-state index is 11.7. The zero-order valence-electron chi connectivity index (χ0n) is 11.4. The van der Waals surface area contributed by atoms with E-state index < -0.39 is 5.91 Å². The van der Waals surface area contributed by atoms with E-state index in [-0.39, 0.29) is 0 Å². The van der Waals surface area contributed by atoms with Crippen molar-refractivity contribution < 1.29 is 4.79 Å². The fourth-order valence-electron chi connectivity index (χ4n) is 2.37. The standard InChI is InChI=1S/C15H14ClN3OS/c1-2-7-18-13-12-8-3-6-11(16)19-9(8)4-5-10(12)21-14(13)15(17)20/h3-6,18H,2,7H2,1H3,(H2,17,20). The maximum atomic E-state index is 11.7. The molecule has 6 heteroatoms. The van der Waals surface area contributed by atoms with Crippen molar-refractivity contribution in [3.05, 3.63) is 34.3 Å². The lowest BCUT2D eigenvalue weighted by atomic mass is 10.1. The van der Waals surface area contributed by atoms with E-state index in [1.165, 1.54) is 11.3 Å². The Morgan fingerprint density at radius 2 is 2.19 bits per heavy atom. The molecule has 4 nitrogen and oxygen atoms in total. The molecule has 2 aromatic heterocycles. The van der Waals surface area contributed by atoms with Crippen LogP contribution in [0.4, 0.5) is 5.69 Å². The first-order valence-corrected chi connectivity index (χ1v) is 7.86. The summed E-state index contributed by atoms with van der Waals surface area (Å²) in [4.78, 5) is 16.6.